The Hall–Kier alpha value is -1.22. The fraction of sp³-hybridized carbons (Fsp3) is 0.500. The fourth-order valence-corrected chi connectivity index (χ4v) is 2.47. The molecule has 2 aliphatic heterocycles. The van der Waals surface area contributed by atoms with Crippen LogP contribution in [0.2, 0.25) is 0 Å². The number of rotatable bonds is 1. The first kappa shape index (κ1) is 9.04. The van der Waals surface area contributed by atoms with Gasteiger partial charge >= 0.3 is 0 Å². The van der Waals surface area contributed by atoms with Gasteiger partial charge in [-0.25, -0.2) is 0 Å². The number of benzene rings is 1. The summed E-state index contributed by atoms with van der Waals surface area (Å²) in [7, 11) is 0. The van der Waals surface area contributed by atoms with Crippen molar-refractivity contribution in [3.8, 4) is 0 Å². The van der Waals surface area contributed by atoms with Crippen molar-refractivity contribution in [3.63, 3.8) is 0 Å². The number of nitrogens with two attached hydrogens (primary N) is 1. The number of nitrogens with zero attached hydrogens (tertiary/aromatic N) is 1. The minimum Gasteiger partial charge on any atom is -0.399 e. The van der Waals surface area contributed by atoms with E-state index in [0.717, 1.165) is 32.0 Å². The summed E-state index contributed by atoms with van der Waals surface area (Å²) in [6.45, 7) is 4.17. The highest BCUT2D eigenvalue weighted by atomic mass is 16.5. The number of hydrogen-bond donors (Lipinski definition) is 1. The zero-order valence-electron chi connectivity index (χ0n) is 8.78. The molecule has 2 saturated heterocycles. The second kappa shape index (κ2) is 3.14. The van der Waals surface area contributed by atoms with Crippen LogP contribution in [0.5, 0.6) is 0 Å². The Balaban J connectivity index is 1.76. The largest absolute Gasteiger partial charge is 0.399 e. The summed E-state index contributed by atoms with van der Waals surface area (Å²) < 4.78 is 5.32. The molecule has 2 N–H and O–H groups in total. The van der Waals surface area contributed by atoms with Crippen LogP contribution in [-0.2, 0) is 4.74 Å². The van der Waals surface area contributed by atoms with Gasteiger partial charge < -0.3 is 15.4 Å². The Morgan fingerprint density at radius 1 is 1.20 bits per heavy atom. The number of anilines is 2. The normalized spacial score (nSPS) is 23.1. The minimum atomic E-state index is 0.460. The Labute approximate surface area is 89.8 Å². The van der Waals surface area contributed by atoms with Crippen LogP contribution < -0.4 is 10.6 Å². The Bertz CT molecular complexity index is 356. The van der Waals surface area contributed by atoms with Crippen molar-refractivity contribution in [3.05, 3.63) is 24.3 Å². The quantitative estimate of drug-likeness (QED) is 0.704. The third-order valence-corrected chi connectivity index (χ3v) is 3.51. The lowest BCUT2D eigenvalue weighted by molar-refractivity contribution is -0.0985. The van der Waals surface area contributed by atoms with Crippen molar-refractivity contribution in [2.45, 2.75) is 6.42 Å². The molecular formula is C12H16N2O. The summed E-state index contributed by atoms with van der Waals surface area (Å²) in [5.41, 5.74) is 8.26. The van der Waals surface area contributed by atoms with Crippen LogP contribution in [0.1, 0.15) is 6.42 Å². The predicted octanol–water partition coefficient (Wildman–Crippen LogP) is 1.50. The molecule has 0 aromatic heterocycles. The highest BCUT2D eigenvalue weighted by Crippen LogP contribution is 2.39. The van der Waals surface area contributed by atoms with E-state index >= 15 is 0 Å². The molecule has 0 unspecified atom stereocenters. The SMILES string of the molecule is Nc1ccc(N2CCC3(COC3)C2)cc1. The van der Waals surface area contributed by atoms with Crippen LogP contribution in [-0.4, -0.2) is 26.3 Å². The molecule has 3 nitrogen and oxygen atoms in total. The van der Waals surface area contributed by atoms with Crippen LogP contribution >= 0.6 is 0 Å². The lowest BCUT2D eigenvalue weighted by atomic mass is 9.85. The summed E-state index contributed by atoms with van der Waals surface area (Å²) in [6, 6.07) is 8.15. The van der Waals surface area contributed by atoms with Crippen LogP contribution in [0.25, 0.3) is 0 Å². The molecule has 1 aromatic rings. The van der Waals surface area contributed by atoms with Crippen molar-refractivity contribution >= 4 is 11.4 Å². The molecule has 3 heteroatoms. The van der Waals surface area contributed by atoms with E-state index in [1.54, 1.807) is 0 Å². The third-order valence-electron chi connectivity index (χ3n) is 3.51. The van der Waals surface area contributed by atoms with Crippen molar-refractivity contribution in [1.82, 2.24) is 0 Å². The first-order valence-electron chi connectivity index (χ1n) is 5.46. The Morgan fingerprint density at radius 2 is 1.93 bits per heavy atom. The zero-order chi connectivity index (χ0) is 10.3. The molecule has 0 amide bonds. The maximum Gasteiger partial charge on any atom is 0.0562 e. The number of nitrogen functional groups attached to an aromatic ring is 1. The van der Waals surface area contributed by atoms with Gasteiger partial charge in [0.05, 0.1) is 13.2 Å². The van der Waals surface area contributed by atoms with Crippen LogP contribution in [0, 0.1) is 5.41 Å². The van der Waals surface area contributed by atoms with E-state index in [-0.39, 0.29) is 0 Å². The fourth-order valence-electron chi connectivity index (χ4n) is 2.47. The lowest BCUT2D eigenvalue weighted by Gasteiger charge is -2.37. The molecule has 2 fully saturated rings. The molecule has 2 heterocycles. The van der Waals surface area contributed by atoms with Gasteiger partial charge in [-0.05, 0) is 30.7 Å². The van der Waals surface area contributed by atoms with Gasteiger partial charge in [0.25, 0.3) is 0 Å². The van der Waals surface area contributed by atoms with Gasteiger partial charge in [-0.2, -0.15) is 0 Å². The molecule has 0 bridgehead atoms. The Morgan fingerprint density at radius 3 is 2.47 bits per heavy atom. The highest BCUT2D eigenvalue weighted by Gasteiger charge is 2.44. The van der Waals surface area contributed by atoms with Gasteiger partial charge in [0, 0.05) is 29.9 Å². The van der Waals surface area contributed by atoms with E-state index in [0.29, 0.717) is 5.41 Å². The van der Waals surface area contributed by atoms with Crippen LogP contribution in [0.15, 0.2) is 24.3 Å². The summed E-state index contributed by atoms with van der Waals surface area (Å²) in [5.74, 6) is 0. The molecule has 0 saturated carbocycles. The third kappa shape index (κ3) is 1.47. The first-order valence-corrected chi connectivity index (χ1v) is 5.46. The molecule has 15 heavy (non-hydrogen) atoms. The number of hydrogen-bond acceptors (Lipinski definition) is 3. The van der Waals surface area contributed by atoms with Crippen molar-refractivity contribution in [1.29, 1.82) is 0 Å². The van der Waals surface area contributed by atoms with Gasteiger partial charge in [0.15, 0.2) is 0 Å². The second-order valence-electron chi connectivity index (χ2n) is 4.76. The summed E-state index contributed by atoms with van der Waals surface area (Å²) >= 11 is 0. The lowest BCUT2D eigenvalue weighted by Crippen LogP contribution is -2.44. The molecule has 0 atom stereocenters. The van der Waals surface area contributed by atoms with E-state index in [1.165, 1.54) is 12.1 Å². The van der Waals surface area contributed by atoms with Gasteiger partial charge in [-0.15, -0.1) is 0 Å². The van der Waals surface area contributed by atoms with Gasteiger partial charge in [0.2, 0.25) is 0 Å². The van der Waals surface area contributed by atoms with Gasteiger partial charge in [-0.3, -0.25) is 0 Å². The standard InChI is InChI=1S/C12H16N2O/c13-10-1-3-11(4-2-10)14-6-5-12(7-14)8-15-9-12/h1-4H,5-9,13H2. The van der Waals surface area contributed by atoms with E-state index < -0.39 is 0 Å². The maximum atomic E-state index is 5.68. The Kier molecular flexibility index (Phi) is 1.89. The molecule has 3 rings (SSSR count). The van der Waals surface area contributed by atoms with Crippen molar-refractivity contribution in [2.24, 2.45) is 5.41 Å². The molecule has 1 aromatic carbocycles. The van der Waals surface area contributed by atoms with E-state index in [4.69, 9.17) is 10.5 Å². The zero-order valence-corrected chi connectivity index (χ0v) is 8.78. The topological polar surface area (TPSA) is 38.5 Å². The average Bonchev–Trinajstić information content (AvgIpc) is 2.63. The van der Waals surface area contributed by atoms with Crippen LogP contribution in [0.4, 0.5) is 11.4 Å². The van der Waals surface area contributed by atoms with Crippen LogP contribution in [0.3, 0.4) is 0 Å². The minimum absolute atomic E-state index is 0.460. The molecule has 1 spiro atoms. The van der Waals surface area contributed by atoms with Crippen molar-refractivity contribution < 1.29 is 4.74 Å². The van der Waals surface area contributed by atoms with Gasteiger partial charge in [-0.1, -0.05) is 0 Å². The monoisotopic (exact) mass is 204 g/mol. The smallest absolute Gasteiger partial charge is 0.0562 e. The summed E-state index contributed by atoms with van der Waals surface area (Å²) in [6.07, 6.45) is 1.26. The van der Waals surface area contributed by atoms with Crippen molar-refractivity contribution in [2.75, 3.05) is 36.9 Å². The molecule has 2 aliphatic rings. The maximum absolute atomic E-state index is 5.68. The number of ether oxygens (including phenoxy) is 1. The van der Waals surface area contributed by atoms with E-state index in [9.17, 15) is 0 Å². The highest BCUT2D eigenvalue weighted by molar-refractivity contribution is 5.54. The summed E-state index contributed by atoms with van der Waals surface area (Å²) in [5, 5.41) is 0. The van der Waals surface area contributed by atoms with Gasteiger partial charge in [0.1, 0.15) is 0 Å². The second-order valence-corrected chi connectivity index (χ2v) is 4.76. The molecule has 80 valence electrons. The van der Waals surface area contributed by atoms with E-state index in [2.05, 4.69) is 17.0 Å². The summed E-state index contributed by atoms with van der Waals surface area (Å²) in [4.78, 5) is 2.43. The molecule has 0 radical (unpaired) electrons. The first-order chi connectivity index (χ1) is 7.27. The van der Waals surface area contributed by atoms with E-state index in [1.807, 2.05) is 12.1 Å². The molecular weight excluding hydrogens is 188 g/mol. The molecule has 0 aliphatic carbocycles. The predicted molar refractivity (Wildman–Crippen MR) is 60.9 cm³/mol. The average molecular weight is 204 g/mol.